The average molecular weight is 202 g/mol. The van der Waals surface area contributed by atoms with Crippen LogP contribution in [0.3, 0.4) is 0 Å². The quantitative estimate of drug-likeness (QED) is 0.548. The van der Waals surface area contributed by atoms with E-state index in [9.17, 15) is 8.42 Å². The third-order valence-electron chi connectivity index (χ3n) is 1.68. The Morgan fingerprint density at radius 1 is 1.15 bits per heavy atom. The van der Waals surface area contributed by atoms with E-state index in [1.165, 1.54) is 5.57 Å². The molecule has 2 nitrogen and oxygen atoms in total. The van der Waals surface area contributed by atoms with Crippen LogP contribution in [0.25, 0.3) is 0 Å². The maximum absolute atomic E-state index is 10.3. The van der Waals surface area contributed by atoms with Gasteiger partial charge < -0.3 is 0 Å². The molecule has 0 heterocycles. The predicted octanol–water partition coefficient (Wildman–Crippen LogP) is 2.29. The molecule has 0 unspecified atom stereocenters. The van der Waals surface area contributed by atoms with Gasteiger partial charge in [0.2, 0.25) is 0 Å². The fraction of sp³-hybridized carbons (Fsp3) is 0.600. The van der Waals surface area contributed by atoms with E-state index in [0.29, 0.717) is 0 Å². The molecule has 0 saturated carbocycles. The molecule has 0 rings (SSSR count). The van der Waals surface area contributed by atoms with E-state index in [1.807, 2.05) is 6.92 Å². The van der Waals surface area contributed by atoms with Crippen LogP contribution < -0.4 is 0 Å². The lowest BCUT2D eigenvalue weighted by Gasteiger charge is -1.96. The van der Waals surface area contributed by atoms with Gasteiger partial charge in [-0.05, 0) is 33.6 Å². The van der Waals surface area contributed by atoms with E-state index >= 15 is 0 Å². The van der Waals surface area contributed by atoms with Crippen LogP contribution in [-0.2, 0) is 10.7 Å². The van der Waals surface area contributed by atoms with E-state index in [0.717, 1.165) is 18.4 Å². The third-order valence-corrected chi connectivity index (χ3v) is 2.16. The first-order valence-electron chi connectivity index (χ1n) is 4.43. The Kier molecular flexibility index (Phi) is 6.59. The maximum atomic E-state index is 10.3. The fourth-order valence-corrected chi connectivity index (χ4v) is 1.38. The Labute approximate surface area is 82.3 Å². The highest BCUT2D eigenvalue weighted by Gasteiger charge is 1.89. The van der Waals surface area contributed by atoms with Gasteiger partial charge in [0.1, 0.15) is 10.7 Å². The molecular formula is C10H18O2S. The Morgan fingerprint density at radius 2 is 1.77 bits per heavy atom. The number of hydrogen-bond donors (Lipinski definition) is 1. The van der Waals surface area contributed by atoms with Crippen molar-refractivity contribution < 1.29 is 8.42 Å². The molecule has 0 aromatic heterocycles. The molecule has 13 heavy (non-hydrogen) atoms. The number of rotatable bonds is 5. The van der Waals surface area contributed by atoms with E-state index < -0.39 is 10.7 Å². The first-order chi connectivity index (χ1) is 6.02. The summed E-state index contributed by atoms with van der Waals surface area (Å²) >= 11 is 0. The van der Waals surface area contributed by atoms with E-state index in [1.54, 1.807) is 6.08 Å². The van der Waals surface area contributed by atoms with Crippen LogP contribution in [-0.4, -0.2) is 14.2 Å². The summed E-state index contributed by atoms with van der Waals surface area (Å²) in [7, 11) is -2.25. The highest BCUT2D eigenvalue weighted by atomic mass is 32.2. The van der Waals surface area contributed by atoms with Crippen LogP contribution in [0, 0.1) is 0 Å². The molecule has 0 aliphatic heterocycles. The highest BCUT2D eigenvalue weighted by Crippen LogP contribution is 2.05. The third kappa shape index (κ3) is 9.34. The van der Waals surface area contributed by atoms with Crippen molar-refractivity contribution in [2.75, 3.05) is 5.75 Å². The Balaban J connectivity index is 3.80. The zero-order valence-electron chi connectivity index (χ0n) is 8.54. The lowest BCUT2D eigenvalue weighted by molar-refractivity contribution is 0.617. The molecule has 0 atom stereocenters. The molecule has 0 spiro atoms. The van der Waals surface area contributed by atoms with Crippen molar-refractivity contribution in [1.29, 1.82) is 0 Å². The topological polar surface area (TPSA) is 34.1 Å². The molecule has 0 amide bonds. The summed E-state index contributed by atoms with van der Waals surface area (Å²) in [6.07, 6.45) is 5.90. The van der Waals surface area contributed by atoms with Crippen molar-refractivity contribution >= 4 is 10.7 Å². The van der Waals surface area contributed by atoms with Gasteiger partial charge in [-0.15, -0.1) is 0 Å². The molecule has 76 valence electrons. The lowest BCUT2D eigenvalue weighted by Crippen LogP contribution is -1.84. The van der Waals surface area contributed by atoms with Gasteiger partial charge in [-0.2, -0.15) is 0 Å². The van der Waals surface area contributed by atoms with Gasteiger partial charge >= 0.3 is 0 Å². The van der Waals surface area contributed by atoms with Crippen LogP contribution in [0.4, 0.5) is 0 Å². The average Bonchev–Trinajstić information content (AvgIpc) is 2.00. The normalized spacial score (nSPS) is 11.8. The second-order valence-electron chi connectivity index (χ2n) is 3.39. The molecule has 0 aromatic rings. The summed E-state index contributed by atoms with van der Waals surface area (Å²) in [5, 5.41) is 0. The highest BCUT2D eigenvalue weighted by molar-refractivity contribution is 7.72. The first kappa shape index (κ1) is 12.4. The van der Waals surface area contributed by atoms with Crippen molar-refractivity contribution in [3.63, 3.8) is 0 Å². The smallest absolute Gasteiger partial charge is 0.143 e. The van der Waals surface area contributed by atoms with Gasteiger partial charge in [0.15, 0.2) is 0 Å². The van der Waals surface area contributed by atoms with Crippen LogP contribution in [0.5, 0.6) is 0 Å². The Morgan fingerprint density at radius 3 is 2.23 bits per heavy atom. The van der Waals surface area contributed by atoms with Gasteiger partial charge in [0.05, 0.1) is 5.75 Å². The molecule has 3 heteroatoms. The second-order valence-corrected chi connectivity index (χ2v) is 4.42. The van der Waals surface area contributed by atoms with E-state index in [2.05, 4.69) is 19.9 Å². The fourth-order valence-electron chi connectivity index (χ4n) is 0.921. The van der Waals surface area contributed by atoms with Crippen molar-refractivity contribution in [3.05, 3.63) is 23.3 Å². The Hall–Kier alpha value is -0.570. The molecular weight excluding hydrogens is 184 g/mol. The largest absolute Gasteiger partial charge is 0.232 e. The summed E-state index contributed by atoms with van der Waals surface area (Å²) in [5.41, 5.74) is 2.46. The molecule has 0 saturated heterocycles. The molecule has 0 fully saturated rings. The minimum absolute atomic E-state index is 0.177. The minimum atomic E-state index is -2.25. The zero-order valence-corrected chi connectivity index (χ0v) is 9.43. The second kappa shape index (κ2) is 6.89. The summed E-state index contributed by atoms with van der Waals surface area (Å²) < 4.78 is 20.5. The van der Waals surface area contributed by atoms with Gasteiger partial charge in [-0.1, -0.05) is 23.3 Å². The summed E-state index contributed by atoms with van der Waals surface area (Å²) in [4.78, 5) is 0. The van der Waals surface area contributed by atoms with Crippen molar-refractivity contribution in [2.45, 2.75) is 33.6 Å². The van der Waals surface area contributed by atoms with E-state index in [4.69, 9.17) is 0 Å². The van der Waals surface area contributed by atoms with Crippen LogP contribution >= 0.6 is 0 Å². The number of allylic oxidation sites excluding steroid dienone is 3. The van der Waals surface area contributed by atoms with Crippen molar-refractivity contribution in [1.82, 2.24) is 0 Å². The maximum Gasteiger partial charge on any atom is 0.143 e. The number of hydrogen-bond acceptors (Lipinski definition) is 2. The van der Waals surface area contributed by atoms with Crippen LogP contribution in [0.1, 0.15) is 33.6 Å². The van der Waals surface area contributed by atoms with Crippen molar-refractivity contribution in [3.8, 4) is 0 Å². The molecule has 0 bridgehead atoms. The van der Waals surface area contributed by atoms with Crippen LogP contribution in [0.15, 0.2) is 23.3 Å². The molecule has 0 N–H and O–H groups in total. The standard InChI is InChI=1S/C10H18O2S/c1-9(2)5-4-6-10(3)7-8-13(11)12/h5,7,13H,4,6,8H2,1-3H3/b10-7+. The SMILES string of the molecule is CC(C)=CCC/C(C)=C/C[SH](=O)=O. The summed E-state index contributed by atoms with van der Waals surface area (Å²) in [6.45, 7) is 6.10. The first-order valence-corrected chi connectivity index (χ1v) is 5.79. The molecule has 0 aliphatic carbocycles. The van der Waals surface area contributed by atoms with Crippen molar-refractivity contribution in [2.24, 2.45) is 0 Å². The predicted molar refractivity (Wildman–Crippen MR) is 57.6 cm³/mol. The zero-order chi connectivity index (χ0) is 10.3. The molecule has 0 radical (unpaired) electrons. The van der Waals surface area contributed by atoms with Gasteiger partial charge in [-0.25, -0.2) is 8.42 Å². The van der Waals surface area contributed by atoms with Gasteiger partial charge in [0, 0.05) is 0 Å². The lowest BCUT2D eigenvalue weighted by atomic mass is 10.1. The summed E-state index contributed by atoms with van der Waals surface area (Å²) in [5.74, 6) is 0.177. The monoisotopic (exact) mass is 202 g/mol. The summed E-state index contributed by atoms with van der Waals surface area (Å²) in [6, 6.07) is 0. The molecule has 0 aliphatic rings. The van der Waals surface area contributed by atoms with Gasteiger partial charge in [0.25, 0.3) is 0 Å². The van der Waals surface area contributed by atoms with Crippen LogP contribution in [0.2, 0.25) is 0 Å². The Bertz CT molecular complexity index is 261. The number of thiol groups is 1. The minimum Gasteiger partial charge on any atom is -0.232 e. The van der Waals surface area contributed by atoms with Gasteiger partial charge in [-0.3, -0.25) is 0 Å². The van der Waals surface area contributed by atoms with E-state index in [-0.39, 0.29) is 5.75 Å². The molecule has 0 aromatic carbocycles.